The van der Waals surface area contributed by atoms with Crippen molar-refractivity contribution in [1.29, 1.82) is 0 Å². The summed E-state index contributed by atoms with van der Waals surface area (Å²) in [6.45, 7) is 1.33. The number of amides is 1. The van der Waals surface area contributed by atoms with Crippen molar-refractivity contribution in [2.45, 2.75) is 12.8 Å². The number of anilines is 2. The van der Waals surface area contributed by atoms with Crippen LogP contribution in [0.3, 0.4) is 0 Å². The summed E-state index contributed by atoms with van der Waals surface area (Å²) in [4.78, 5) is 13.1. The minimum Gasteiger partial charge on any atom is -0.397 e. The van der Waals surface area contributed by atoms with E-state index < -0.39 is 0 Å². The Hall–Kier alpha value is -1.30. The van der Waals surface area contributed by atoms with Gasteiger partial charge in [-0.15, -0.1) is 0 Å². The Bertz CT molecular complexity index is 473. The van der Waals surface area contributed by atoms with Crippen LogP contribution < -0.4 is 16.4 Å². The topological polar surface area (TPSA) is 72.4 Å². The van der Waals surface area contributed by atoms with Gasteiger partial charge in [0.05, 0.1) is 15.8 Å². The lowest BCUT2D eigenvalue weighted by molar-refractivity contribution is -0.122. The molecule has 1 saturated heterocycles. The van der Waals surface area contributed by atoms with Gasteiger partial charge in [-0.1, -0.05) is 0 Å². The molecular weight excluding hydrogens is 301 g/mol. The number of hydrogen-bond donors (Lipinski definition) is 2. The molecular formula is C12H15BrFN3O. The Morgan fingerprint density at radius 3 is 2.56 bits per heavy atom. The second-order valence-corrected chi connectivity index (χ2v) is 5.34. The number of carbonyl (C=O) groups is 1. The highest BCUT2D eigenvalue weighted by molar-refractivity contribution is 9.10. The molecule has 4 N–H and O–H groups in total. The molecule has 0 aromatic heterocycles. The van der Waals surface area contributed by atoms with Crippen molar-refractivity contribution in [2.24, 2.45) is 11.7 Å². The molecule has 18 heavy (non-hydrogen) atoms. The molecule has 2 rings (SSSR count). The van der Waals surface area contributed by atoms with Crippen LogP contribution in [0.25, 0.3) is 0 Å². The first kappa shape index (κ1) is 13.1. The Morgan fingerprint density at radius 1 is 1.39 bits per heavy atom. The highest BCUT2D eigenvalue weighted by Crippen LogP contribution is 2.32. The number of piperidine rings is 1. The Labute approximate surface area is 113 Å². The van der Waals surface area contributed by atoms with Gasteiger partial charge in [-0.05, 0) is 34.8 Å². The molecule has 6 heteroatoms. The summed E-state index contributed by atoms with van der Waals surface area (Å²) in [6, 6.07) is 2.98. The first-order valence-corrected chi connectivity index (χ1v) is 6.57. The van der Waals surface area contributed by atoms with Gasteiger partial charge >= 0.3 is 0 Å². The Balaban J connectivity index is 2.15. The van der Waals surface area contributed by atoms with Gasteiger partial charge in [0.1, 0.15) is 5.82 Å². The number of rotatable bonds is 2. The summed E-state index contributed by atoms with van der Waals surface area (Å²) in [7, 11) is 0. The van der Waals surface area contributed by atoms with Crippen LogP contribution in [0.15, 0.2) is 16.6 Å². The van der Waals surface area contributed by atoms with E-state index in [2.05, 4.69) is 15.9 Å². The number of carbonyl (C=O) groups excluding carboxylic acids is 1. The maximum Gasteiger partial charge on any atom is 0.220 e. The lowest BCUT2D eigenvalue weighted by Crippen LogP contribution is -2.38. The number of nitrogens with zero attached hydrogens (tertiary/aromatic N) is 1. The van der Waals surface area contributed by atoms with Crippen molar-refractivity contribution >= 4 is 33.2 Å². The van der Waals surface area contributed by atoms with E-state index in [1.54, 1.807) is 6.07 Å². The predicted octanol–water partition coefficient (Wildman–Crippen LogP) is 1.87. The predicted molar refractivity (Wildman–Crippen MR) is 72.6 cm³/mol. The van der Waals surface area contributed by atoms with E-state index >= 15 is 0 Å². The molecule has 0 spiro atoms. The molecule has 0 unspecified atom stereocenters. The monoisotopic (exact) mass is 315 g/mol. The largest absolute Gasteiger partial charge is 0.397 e. The molecule has 1 aromatic rings. The lowest BCUT2D eigenvalue weighted by atomic mass is 9.96. The summed E-state index contributed by atoms with van der Waals surface area (Å²) in [5, 5.41) is 0. The molecule has 1 aliphatic rings. The molecule has 1 amide bonds. The minimum absolute atomic E-state index is 0.0808. The number of benzene rings is 1. The van der Waals surface area contributed by atoms with Crippen molar-refractivity contribution in [3.8, 4) is 0 Å². The highest BCUT2D eigenvalue weighted by atomic mass is 79.9. The van der Waals surface area contributed by atoms with Crippen molar-refractivity contribution in [3.05, 3.63) is 22.4 Å². The molecule has 0 bridgehead atoms. The van der Waals surface area contributed by atoms with E-state index in [9.17, 15) is 9.18 Å². The smallest absolute Gasteiger partial charge is 0.220 e. The fraction of sp³-hybridized carbons (Fsp3) is 0.417. The van der Waals surface area contributed by atoms with Crippen LogP contribution in [0, 0.1) is 11.7 Å². The van der Waals surface area contributed by atoms with Crippen LogP contribution >= 0.6 is 15.9 Å². The summed E-state index contributed by atoms with van der Waals surface area (Å²) in [5.41, 5.74) is 12.4. The molecule has 0 aliphatic carbocycles. The maximum atomic E-state index is 13.5. The average molecular weight is 316 g/mol. The SMILES string of the molecule is NC(=O)C1CCN(c2cc(F)c(Br)cc2N)CC1. The van der Waals surface area contributed by atoms with Crippen molar-refractivity contribution in [2.75, 3.05) is 23.7 Å². The van der Waals surface area contributed by atoms with Crippen LogP contribution in [-0.2, 0) is 4.79 Å². The summed E-state index contributed by atoms with van der Waals surface area (Å²) >= 11 is 3.10. The number of nitrogens with two attached hydrogens (primary N) is 2. The van der Waals surface area contributed by atoms with E-state index in [1.165, 1.54) is 6.07 Å². The zero-order chi connectivity index (χ0) is 13.3. The van der Waals surface area contributed by atoms with Gasteiger partial charge in [0, 0.05) is 25.1 Å². The van der Waals surface area contributed by atoms with Crippen LogP contribution in [0.2, 0.25) is 0 Å². The van der Waals surface area contributed by atoms with Gasteiger partial charge < -0.3 is 16.4 Å². The molecule has 4 nitrogen and oxygen atoms in total. The van der Waals surface area contributed by atoms with Crippen molar-refractivity contribution in [3.63, 3.8) is 0 Å². The van der Waals surface area contributed by atoms with Gasteiger partial charge in [0.15, 0.2) is 0 Å². The first-order valence-electron chi connectivity index (χ1n) is 5.78. The van der Waals surface area contributed by atoms with Crippen molar-refractivity contribution in [1.82, 2.24) is 0 Å². The third kappa shape index (κ3) is 2.58. The van der Waals surface area contributed by atoms with Crippen LogP contribution in [0.4, 0.5) is 15.8 Å². The van der Waals surface area contributed by atoms with E-state index in [0.29, 0.717) is 41.8 Å². The normalized spacial score (nSPS) is 16.9. The number of hydrogen-bond acceptors (Lipinski definition) is 3. The molecule has 0 atom stereocenters. The summed E-state index contributed by atoms with van der Waals surface area (Å²) < 4.78 is 13.9. The minimum atomic E-state index is -0.337. The summed E-state index contributed by atoms with van der Waals surface area (Å²) in [6.07, 6.45) is 1.37. The quantitative estimate of drug-likeness (QED) is 0.818. The van der Waals surface area contributed by atoms with Crippen LogP contribution in [0.1, 0.15) is 12.8 Å². The maximum absolute atomic E-state index is 13.5. The Morgan fingerprint density at radius 2 is 2.00 bits per heavy atom. The molecule has 0 saturated carbocycles. The van der Waals surface area contributed by atoms with Gasteiger partial charge in [-0.2, -0.15) is 0 Å². The van der Waals surface area contributed by atoms with E-state index in [-0.39, 0.29) is 17.6 Å². The van der Waals surface area contributed by atoms with E-state index in [1.807, 2.05) is 4.90 Å². The van der Waals surface area contributed by atoms with E-state index in [0.717, 1.165) is 0 Å². The van der Waals surface area contributed by atoms with E-state index in [4.69, 9.17) is 11.5 Å². The fourth-order valence-corrected chi connectivity index (χ4v) is 2.59. The molecule has 1 aromatic carbocycles. The molecule has 0 radical (unpaired) electrons. The molecule has 1 aliphatic heterocycles. The fourth-order valence-electron chi connectivity index (χ4n) is 2.23. The van der Waals surface area contributed by atoms with Crippen LogP contribution in [0.5, 0.6) is 0 Å². The third-order valence-electron chi connectivity index (χ3n) is 3.31. The lowest BCUT2D eigenvalue weighted by Gasteiger charge is -2.33. The molecule has 98 valence electrons. The number of nitrogen functional groups attached to an aromatic ring is 1. The average Bonchev–Trinajstić information content (AvgIpc) is 2.34. The zero-order valence-corrected chi connectivity index (χ0v) is 11.4. The highest BCUT2D eigenvalue weighted by Gasteiger charge is 2.24. The van der Waals surface area contributed by atoms with Gasteiger partial charge in [0.25, 0.3) is 0 Å². The number of primary amides is 1. The number of halogens is 2. The summed E-state index contributed by atoms with van der Waals surface area (Å²) in [5.74, 6) is -0.677. The second-order valence-electron chi connectivity index (χ2n) is 4.49. The van der Waals surface area contributed by atoms with Crippen LogP contribution in [-0.4, -0.2) is 19.0 Å². The van der Waals surface area contributed by atoms with Gasteiger partial charge in [-0.3, -0.25) is 4.79 Å². The molecule has 1 heterocycles. The standard InChI is InChI=1S/C12H15BrFN3O/c13-8-5-10(15)11(6-9(8)14)17-3-1-7(2-4-17)12(16)18/h5-7H,1-4,15H2,(H2,16,18). The zero-order valence-electron chi connectivity index (χ0n) is 9.83. The van der Waals surface area contributed by atoms with Gasteiger partial charge in [-0.25, -0.2) is 4.39 Å². The second kappa shape index (κ2) is 5.14. The third-order valence-corrected chi connectivity index (χ3v) is 3.92. The van der Waals surface area contributed by atoms with Crippen molar-refractivity contribution < 1.29 is 9.18 Å². The first-order chi connectivity index (χ1) is 8.49. The Kier molecular flexibility index (Phi) is 3.75. The molecule has 1 fully saturated rings. The van der Waals surface area contributed by atoms with Gasteiger partial charge in [0.2, 0.25) is 5.91 Å².